The molecule has 0 saturated carbocycles. The van der Waals surface area contributed by atoms with E-state index in [1.165, 1.54) is 12.1 Å². The van der Waals surface area contributed by atoms with Gasteiger partial charge in [0.05, 0.1) is 6.10 Å². The molecule has 0 spiro atoms. The third kappa shape index (κ3) is 4.73. The molecule has 1 N–H and O–H groups in total. The lowest BCUT2D eigenvalue weighted by Crippen LogP contribution is -2.12. The maximum atomic E-state index is 13.2. The van der Waals surface area contributed by atoms with Crippen LogP contribution in [0.25, 0.3) is 0 Å². The van der Waals surface area contributed by atoms with Gasteiger partial charge in [0, 0.05) is 16.9 Å². The molecule has 0 aliphatic rings. The summed E-state index contributed by atoms with van der Waals surface area (Å²) in [6, 6.07) is 8.56. The van der Waals surface area contributed by atoms with Crippen LogP contribution in [0, 0.1) is 5.82 Å². The normalized spacial score (nSPS) is 12.4. The van der Waals surface area contributed by atoms with Gasteiger partial charge < -0.3 is 5.11 Å². The molecule has 1 aromatic heterocycles. The molecular weight excluding hydrogens is 309 g/mol. The fourth-order valence-corrected chi connectivity index (χ4v) is 2.49. The number of aryl methyl sites for hydroxylation is 1. The zero-order valence-electron chi connectivity index (χ0n) is 10.4. The Hall–Kier alpha value is -1.26. The van der Waals surface area contributed by atoms with E-state index in [0.717, 1.165) is 17.5 Å². The lowest BCUT2D eigenvalue weighted by atomic mass is 10.0. The van der Waals surface area contributed by atoms with Gasteiger partial charge in [0.2, 0.25) is 0 Å². The quantitative estimate of drug-likeness (QED) is 0.913. The molecule has 1 aromatic carbocycles. The Morgan fingerprint density at radius 1 is 1.26 bits per heavy atom. The van der Waals surface area contributed by atoms with Crippen LogP contribution in [0.2, 0.25) is 0 Å². The van der Waals surface area contributed by atoms with Gasteiger partial charge in [-0.3, -0.25) is 4.98 Å². The molecular formula is C15H15BrFNO. The highest BCUT2D eigenvalue weighted by Crippen LogP contribution is 2.17. The highest BCUT2D eigenvalue weighted by molar-refractivity contribution is 9.10. The van der Waals surface area contributed by atoms with Crippen molar-refractivity contribution in [2.75, 3.05) is 0 Å². The average Bonchev–Trinajstić information content (AvgIpc) is 2.36. The van der Waals surface area contributed by atoms with Gasteiger partial charge >= 0.3 is 0 Å². The van der Waals surface area contributed by atoms with Gasteiger partial charge in [0.15, 0.2) is 0 Å². The molecule has 0 amide bonds. The standard InChI is InChI=1S/C15H15BrFNO/c16-13-6-12(7-14(17)9-13)8-15(19)4-3-11-2-1-5-18-10-11/h1-2,5-7,9-10,15,19H,3-4,8H2. The number of nitrogens with zero attached hydrogens (tertiary/aromatic N) is 1. The van der Waals surface area contributed by atoms with E-state index in [2.05, 4.69) is 20.9 Å². The van der Waals surface area contributed by atoms with Crippen LogP contribution in [0.3, 0.4) is 0 Å². The summed E-state index contributed by atoms with van der Waals surface area (Å²) >= 11 is 3.25. The van der Waals surface area contributed by atoms with Gasteiger partial charge in [-0.25, -0.2) is 4.39 Å². The minimum atomic E-state index is -0.478. The first-order valence-electron chi connectivity index (χ1n) is 6.15. The van der Waals surface area contributed by atoms with E-state index in [1.54, 1.807) is 12.4 Å². The predicted octanol–water partition coefficient (Wildman–Crippen LogP) is 3.52. The summed E-state index contributed by atoms with van der Waals surface area (Å²) in [5.41, 5.74) is 1.90. The monoisotopic (exact) mass is 323 g/mol. The summed E-state index contributed by atoms with van der Waals surface area (Å²) in [6.45, 7) is 0. The first-order chi connectivity index (χ1) is 9.13. The molecule has 0 aliphatic heterocycles. The van der Waals surface area contributed by atoms with Gasteiger partial charge in [-0.05, 0) is 54.7 Å². The van der Waals surface area contributed by atoms with Crippen LogP contribution < -0.4 is 0 Å². The third-order valence-electron chi connectivity index (χ3n) is 2.88. The van der Waals surface area contributed by atoms with E-state index in [0.29, 0.717) is 17.3 Å². The molecule has 2 aromatic rings. The summed E-state index contributed by atoms with van der Waals surface area (Å²) in [5, 5.41) is 9.99. The summed E-state index contributed by atoms with van der Waals surface area (Å²) in [4.78, 5) is 4.03. The molecule has 1 unspecified atom stereocenters. The Balaban J connectivity index is 1.89. The molecule has 0 fully saturated rings. The van der Waals surface area contributed by atoms with Crippen LogP contribution in [0.15, 0.2) is 47.2 Å². The Morgan fingerprint density at radius 3 is 2.79 bits per heavy atom. The molecule has 0 radical (unpaired) electrons. The first-order valence-corrected chi connectivity index (χ1v) is 6.95. The number of rotatable bonds is 5. The van der Waals surface area contributed by atoms with Crippen LogP contribution in [-0.4, -0.2) is 16.2 Å². The Morgan fingerprint density at radius 2 is 2.11 bits per heavy atom. The number of aliphatic hydroxyl groups is 1. The smallest absolute Gasteiger partial charge is 0.124 e. The number of pyridine rings is 1. The number of hydrogen-bond donors (Lipinski definition) is 1. The summed E-state index contributed by atoms with van der Waals surface area (Å²) in [5.74, 6) is -0.288. The molecule has 0 saturated heterocycles. The third-order valence-corrected chi connectivity index (χ3v) is 3.34. The van der Waals surface area contributed by atoms with Gasteiger partial charge in [-0.1, -0.05) is 22.0 Å². The lowest BCUT2D eigenvalue weighted by Gasteiger charge is -2.11. The van der Waals surface area contributed by atoms with Crippen LogP contribution in [-0.2, 0) is 12.8 Å². The maximum Gasteiger partial charge on any atom is 0.124 e. The number of aromatic nitrogens is 1. The predicted molar refractivity (Wildman–Crippen MR) is 76.4 cm³/mol. The van der Waals surface area contributed by atoms with Gasteiger partial charge in [-0.2, -0.15) is 0 Å². The van der Waals surface area contributed by atoms with Crippen molar-refractivity contribution in [3.8, 4) is 0 Å². The molecule has 100 valence electrons. The van der Waals surface area contributed by atoms with Crippen LogP contribution in [0.4, 0.5) is 4.39 Å². The van der Waals surface area contributed by atoms with Crippen LogP contribution in [0.1, 0.15) is 17.5 Å². The molecule has 2 nitrogen and oxygen atoms in total. The Bertz CT molecular complexity index is 513. The number of benzene rings is 1. The highest BCUT2D eigenvalue weighted by Gasteiger charge is 2.08. The summed E-state index contributed by atoms with van der Waals surface area (Å²) in [6.07, 6.45) is 4.91. The number of hydrogen-bond acceptors (Lipinski definition) is 2. The van der Waals surface area contributed by atoms with Gasteiger partial charge in [0.1, 0.15) is 5.82 Å². The van der Waals surface area contributed by atoms with Crippen molar-refractivity contribution in [2.24, 2.45) is 0 Å². The number of aliphatic hydroxyl groups excluding tert-OH is 1. The summed E-state index contributed by atoms with van der Waals surface area (Å²) < 4.78 is 13.9. The van der Waals surface area contributed by atoms with E-state index in [9.17, 15) is 9.50 Å². The zero-order valence-corrected chi connectivity index (χ0v) is 12.0. The molecule has 1 atom stereocenters. The second-order valence-electron chi connectivity index (χ2n) is 4.54. The van der Waals surface area contributed by atoms with Crippen molar-refractivity contribution in [3.05, 3.63) is 64.1 Å². The van der Waals surface area contributed by atoms with E-state index in [4.69, 9.17) is 0 Å². The van der Waals surface area contributed by atoms with Crippen molar-refractivity contribution < 1.29 is 9.50 Å². The fraction of sp³-hybridized carbons (Fsp3) is 0.267. The molecule has 19 heavy (non-hydrogen) atoms. The largest absolute Gasteiger partial charge is 0.393 e. The van der Waals surface area contributed by atoms with Crippen molar-refractivity contribution in [2.45, 2.75) is 25.4 Å². The highest BCUT2D eigenvalue weighted by atomic mass is 79.9. The first kappa shape index (κ1) is 14.2. The minimum absolute atomic E-state index is 0.288. The fourth-order valence-electron chi connectivity index (χ4n) is 1.98. The Kier molecular flexibility index (Phi) is 5.05. The number of halogens is 2. The molecule has 4 heteroatoms. The molecule has 0 bridgehead atoms. The molecule has 1 heterocycles. The van der Waals surface area contributed by atoms with Gasteiger partial charge in [-0.15, -0.1) is 0 Å². The molecule has 2 rings (SSSR count). The van der Waals surface area contributed by atoms with Crippen molar-refractivity contribution in [1.29, 1.82) is 0 Å². The minimum Gasteiger partial charge on any atom is -0.393 e. The van der Waals surface area contributed by atoms with E-state index in [-0.39, 0.29) is 5.82 Å². The second kappa shape index (κ2) is 6.78. The van der Waals surface area contributed by atoms with E-state index in [1.807, 2.05) is 18.2 Å². The van der Waals surface area contributed by atoms with Gasteiger partial charge in [0.25, 0.3) is 0 Å². The SMILES string of the molecule is OC(CCc1cccnc1)Cc1cc(F)cc(Br)c1. The summed E-state index contributed by atoms with van der Waals surface area (Å²) in [7, 11) is 0. The van der Waals surface area contributed by atoms with Crippen LogP contribution >= 0.6 is 15.9 Å². The average molecular weight is 324 g/mol. The maximum absolute atomic E-state index is 13.2. The Labute approximate surface area is 120 Å². The second-order valence-corrected chi connectivity index (χ2v) is 5.45. The lowest BCUT2D eigenvalue weighted by molar-refractivity contribution is 0.165. The zero-order chi connectivity index (χ0) is 13.7. The van der Waals surface area contributed by atoms with Crippen molar-refractivity contribution >= 4 is 15.9 Å². The van der Waals surface area contributed by atoms with Crippen LogP contribution in [0.5, 0.6) is 0 Å². The molecule has 0 aliphatic carbocycles. The van der Waals surface area contributed by atoms with E-state index < -0.39 is 6.10 Å². The topological polar surface area (TPSA) is 33.1 Å². The van der Waals surface area contributed by atoms with Crippen molar-refractivity contribution in [1.82, 2.24) is 4.98 Å². The van der Waals surface area contributed by atoms with E-state index >= 15 is 0 Å². The van der Waals surface area contributed by atoms with Crippen molar-refractivity contribution in [3.63, 3.8) is 0 Å².